The van der Waals surface area contributed by atoms with Crippen molar-refractivity contribution in [2.45, 2.75) is 44.9 Å². The highest BCUT2D eigenvalue weighted by atomic mass is 32.1. The zero-order valence-electron chi connectivity index (χ0n) is 18.0. The Morgan fingerprint density at radius 3 is 2.25 bits per heavy atom. The molecule has 0 fully saturated rings. The van der Waals surface area contributed by atoms with Crippen molar-refractivity contribution in [2.24, 2.45) is 12.8 Å². The molecule has 3 aromatic rings. The lowest BCUT2D eigenvalue weighted by Gasteiger charge is -2.21. The number of alkyl halides is 3. The molecule has 3 rings (SSSR count). The molecule has 1 aromatic carbocycles. The number of halogens is 3. The number of aryl methyl sites for hydroxylation is 1. The van der Waals surface area contributed by atoms with Gasteiger partial charge in [0.1, 0.15) is 4.83 Å². The second kappa shape index (κ2) is 10.1. The molecule has 0 aliphatic carbocycles. The quantitative estimate of drug-likeness (QED) is 0.517. The molecule has 0 aliphatic heterocycles. The van der Waals surface area contributed by atoms with Gasteiger partial charge >= 0.3 is 12.1 Å². The topological polar surface area (TPSA) is 110 Å². The Kier molecular flexibility index (Phi) is 8.02. The second-order valence-electron chi connectivity index (χ2n) is 7.49. The Morgan fingerprint density at radius 1 is 1.19 bits per heavy atom. The summed E-state index contributed by atoms with van der Waals surface area (Å²) in [6.07, 6.45) is -5.08. The molecular weight excluding hydrogens is 445 g/mol. The minimum Gasteiger partial charge on any atom is -0.475 e. The number of carboxylic acids is 1. The average Bonchev–Trinajstić information content (AvgIpc) is 3.28. The summed E-state index contributed by atoms with van der Waals surface area (Å²) in [5.41, 5.74) is 8.32. The molecule has 11 heteroatoms. The number of carbonyl (C=O) groups is 2. The van der Waals surface area contributed by atoms with Crippen LogP contribution < -0.4 is 11.1 Å². The predicted octanol–water partition coefficient (Wildman–Crippen LogP) is 4.21. The first-order chi connectivity index (χ1) is 14.8. The molecular formula is C21H25F3N4O3S. The summed E-state index contributed by atoms with van der Waals surface area (Å²) < 4.78 is 33.6. The van der Waals surface area contributed by atoms with Gasteiger partial charge in [0.25, 0.3) is 5.91 Å². The summed E-state index contributed by atoms with van der Waals surface area (Å²) in [5, 5.41) is 15.8. The molecule has 7 nitrogen and oxygen atoms in total. The van der Waals surface area contributed by atoms with Crippen molar-refractivity contribution in [3.05, 3.63) is 52.5 Å². The van der Waals surface area contributed by atoms with Gasteiger partial charge in [0.15, 0.2) is 0 Å². The normalized spacial score (nSPS) is 13.4. The molecule has 0 saturated carbocycles. The van der Waals surface area contributed by atoms with E-state index in [9.17, 15) is 18.0 Å². The van der Waals surface area contributed by atoms with Crippen LogP contribution in [0.2, 0.25) is 0 Å². The van der Waals surface area contributed by atoms with E-state index in [1.807, 2.05) is 55.1 Å². The van der Waals surface area contributed by atoms with Crippen LogP contribution in [0.3, 0.4) is 0 Å². The Morgan fingerprint density at radius 2 is 1.75 bits per heavy atom. The van der Waals surface area contributed by atoms with E-state index < -0.39 is 12.1 Å². The molecule has 0 aliphatic rings. The van der Waals surface area contributed by atoms with Gasteiger partial charge in [-0.15, -0.1) is 11.3 Å². The molecule has 2 unspecified atom stereocenters. The van der Waals surface area contributed by atoms with E-state index in [0.29, 0.717) is 10.8 Å². The molecule has 0 spiro atoms. The van der Waals surface area contributed by atoms with Gasteiger partial charge in [0.2, 0.25) is 0 Å². The van der Waals surface area contributed by atoms with Crippen molar-refractivity contribution in [1.29, 1.82) is 0 Å². The maximum atomic E-state index is 12.7. The predicted molar refractivity (Wildman–Crippen MR) is 117 cm³/mol. The van der Waals surface area contributed by atoms with Crippen LogP contribution >= 0.6 is 11.3 Å². The average molecular weight is 471 g/mol. The van der Waals surface area contributed by atoms with E-state index in [2.05, 4.69) is 24.3 Å². The SMILES string of the molecule is CC(C)c1nn(C)c2sc(C(=O)NC(C)C(N)c3ccccc3)cc12.O=C(O)C(F)(F)F. The van der Waals surface area contributed by atoms with Crippen molar-refractivity contribution in [3.63, 3.8) is 0 Å². The lowest BCUT2D eigenvalue weighted by Crippen LogP contribution is -2.40. The van der Waals surface area contributed by atoms with Gasteiger partial charge in [-0.1, -0.05) is 44.2 Å². The molecule has 0 radical (unpaired) electrons. The van der Waals surface area contributed by atoms with Crippen LogP contribution in [-0.2, 0) is 11.8 Å². The van der Waals surface area contributed by atoms with Crippen LogP contribution in [0.25, 0.3) is 10.2 Å². The summed E-state index contributed by atoms with van der Waals surface area (Å²) >= 11 is 1.47. The van der Waals surface area contributed by atoms with Crippen molar-refractivity contribution >= 4 is 33.4 Å². The first-order valence-corrected chi connectivity index (χ1v) is 10.5. The third-order valence-corrected chi connectivity index (χ3v) is 5.84. The Labute approximate surface area is 187 Å². The van der Waals surface area contributed by atoms with Crippen molar-refractivity contribution < 1.29 is 27.9 Å². The minimum atomic E-state index is -5.08. The highest BCUT2D eigenvalue weighted by molar-refractivity contribution is 7.20. The largest absolute Gasteiger partial charge is 0.490 e. The van der Waals surface area contributed by atoms with Crippen LogP contribution in [0.5, 0.6) is 0 Å². The molecule has 2 heterocycles. The second-order valence-corrected chi connectivity index (χ2v) is 8.53. The Bertz CT molecular complexity index is 1080. The van der Waals surface area contributed by atoms with Gasteiger partial charge in [0.05, 0.1) is 10.6 Å². The zero-order valence-corrected chi connectivity index (χ0v) is 18.8. The molecule has 0 bridgehead atoms. The van der Waals surface area contributed by atoms with Gasteiger partial charge < -0.3 is 16.2 Å². The van der Waals surface area contributed by atoms with Gasteiger partial charge in [-0.25, -0.2) is 4.79 Å². The van der Waals surface area contributed by atoms with Crippen LogP contribution in [0.15, 0.2) is 36.4 Å². The third-order valence-electron chi connectivity index (χ3n) is 4.64. The molecule has 0 saturated heterocycles. The number of carbonyl (C=O) groups excluding carboxylic acids is 1. The number of hydrogen-bond donors (Lipinski definition) is 3. The lowest BCUT2D eigenvalue weighted by molar-refractivity contribution is -0.192. The monoisotopic (exact) mass is 470 g/mol. The smallest absolute Gasteiger partial charge is 0.475 e. The van der Waals surface area contributed by atoms with E-state index in [1.54, 1.807) is 0 Å². The van der Waals surface area contributed by atoms with E-state index in [-0.39, 0.29) is 18.0 Å². The fourth-order valence-corrected chi connectivity index (χ4v) is 3.92. The maximum Gasteiger partial charge on any atom is 0.490 e. The third kappa shape index (κ3) is 6.07. The summed E-state index contributed by atoms with van der Waals surface area (Å²) in [4.78, 5) is 23.3. The Balaban J connectivity index is 0.000000451. The van der Waals surface area contributed by atoms with Crippen molar-refractivity contribution in [3.8, 4) is 0 Å². The highest BCUT2D eigenvalue weighted by Gasteiger charge is 2.38. The molecule has 4 N–H and O–H groups in total. The summed E-state index contributed by atoms with van der Waals surface area (Å²) in [5.74, 6) is -2.53. The number of aromatic nitrogens is 2. The first kappa shape index (κ1) is 25.3. The zero-order chi connectivity index (χ0) is 24.2. The number of carboxylic acid groups (broad SMARTS) is 1. The number of nitrogens with one attached hydrogen (secondary N) is 1. The van der Waals surface area contributed by atoms with E-state index in [0.717, 1.165) is 21.5 Å². The number of benzene rings is 1. The molecule has 2 aromatic heterocycles. The van der Waals surface area contributed by atoms with Crippen LogP contribution in [0, 0.1) is 0 Å². The van der Waals surface area contributed by atoms with E-state index in [1.165, 1.54) is 11.3 Å². The lowest BCUT2D eigenvalue weighted by atomic mass is 10.0. The van der Waals surface area contributed by atoms with Gasteiger partial charge in [0, 0.05) is 24.5 Å². The number of thiophene rings is 1. The van der Waals surface area contributed by atoms with Gasteiger partial charge in [-0.2, -0.15) is 18.3 Å². The number of hydrogen-bond acceptors (Lipinski definition) is 5. The first-order valence-electron chi connectivity index (χ1n) is 9.70. The van der Waals surface area contributed by atoms with Gasteiger partial charge in [-0.05, 0) is 24.5 Å². The fraction of sp³-hybridized carbons (Fsp3) is 0.381. The fourth-order valence-electron chi connectivity index (χ4n) is 2.94. The number of aliphatic carboxylic acids is 1. The maximum absolute atomic E-state index is 12.7. The highest BCUT2D eigenvalue weighted by Crippen LogP contribution is 2.31. The van der Waals surface area contributed by atoms with Crippen LogP contribution in [0.4, 0.5) is 13.2 Å². The molecule has 2 atom stereocenters. The van der Waals surface area contributed by atoms with E-state index in [4.69, 9.17) is 15.6 Å². The molecule has 1 amide bonds. The molecule has 32 heavy (non-hydrogen) atoms. The minimum absolute atomic E-state index is 0.0882. The summed E-state index contributed by atoms with van der Waals surface area (Å²) in [6.45, 7) is 6.16. The number of amides is 1. The van der Waals surface area contributed by atoms with Crippen LogP contribution in [-0.4, -0.2) is 39.0 Å². The number of nitrogens with two attached hydrogens (primary N) is 1. The molecule has 174 valence electrons. The summed E-state index contributed by atoms with van der Waals surface area (Å²) in [6, 6.07) is 11.4. The van der Waals surface area contributed by atoms with Crippen molar-refractivity contribution in [1.82, 2.24) is 15.1 Å². The Hall–Kier alpha value is -2.92. The number of nitrogens with zero attached hydrogens (tertiary/aromatic N) is 2. The van der Waals surface area contributed by atoms with Crippen LogP contribution in [0.1, 0.15) is 53.7 Å². The standard InChI is InChI=1S/C19H24N4OS.C2HF3O2/c1-11(2)17-14-10-15(25-19(14)23(4)22-17)18(24)21-12(3)16(20)13-8-6-5-7-9-13;3-2(4,5)1(6)7/h5-12,16H,20H2,1-4H3,(H,21,24);(H,6,7). The summed E-state index contributed by atoms with van der Waals surface area (Å²) in [7, 11) is 1.92. The van der Waals surface area contributed by atoms with E-state index >= 15 is 0 Å². The number of fused-ring (bicyclic) bond motifs is 1. The van der Waals surface area contributed by atoms with Gasteiger partial charge in [-0.3, -0.25) is 9.48 Å². The number of rotatable bonds is 5. The van der Waals surface area contributed by atoms with Crippen molar-refractivity contribution in [2.75, 3.05) is 0 Å².